The average molecular weight is 458 g/mol. The SMILES string of the molecule is O=C(O)c1ccccc1-c1ccc(/C=C2\SC(=O)N(Cc3ccc(F)cc3Cl)C2=O)o1. The van der Waals surface area contributed by atoms with Crippen molar-refractivity contribution in [3.05, 3.63) is 87.2 Å². The molecule has 0 bridgehead atoms. The summed E-state index contributed by atoms with van der Waals surface area (Å²) in [6, 6.07) is 13.3. The molecule has 31 heavy (non-hydrogen) atoms. The molecule has 1 aliphatic heterocycles. The second-order valence-corrected chi connectivity index (χ2v) is 7.96. The van der Waals surface area contributed by atoms with Gasteiger partial charge in [-0.05, 0) is 47.7 Å². The number of imide groups is 1. The standard InChI is InChI=1S/C22H13ClFNO5S/c23-17-9-13(24)6-5-12(17)11-25-20(26)19(31-22(25)29)10-14-7-8-18(30-14)15-3-1-2-4-16(15)21(27)28/h1-10H,11H2,(H,27,28)/b19-10-. The third-order valence-electron chi connectivity index (χ3n) is 4.54. The van der Waals surface area contributed by atoms with Crippen LogP contribution >= 0.6 is 23.4 Å². The van der Waals surface area contributed by atoms with Crippen molar-refractivity contribution in [2.45, 2.75) is 6.54 Å². The van der Waals surface area contributed by atoms with Gasteiger partial charge in [-0.3, -0.25) is 14.5 Å². The van der Waals surface area contributed by atoms with Crippen molar-refractivity contribution in [1.82, 2.24) is 4.90 Å². The Morgan fingerprint density at radius 2 is 1.94 bits per heavy atom. The van der Waals surface area contributed by atoms with E-state index in [9.17, 15) is 23.9 Å². The molecule has 2 amide bonds. The van der Waals surface area contributed by atoms with Crippen LogP contribution in [-0.2, 0) is 11.3 Å². The lowest BCUT2D eigenvalue weighted by molar-refractivity contribution is -0.123. The molecule has 4 rings (SSSR count). The molecule has 0 atom stereocenters. The molecule has 1 aromatic heterocycles. The van der Waals surface area contributed by atoms with Crippen molar-refractivity contribution in [2.24, 2.45) is 0 Å². The van der Waals surface area contributed by atoms with Gasteiger partial charge in [-0.2, -0.15) is 0 Å². The van der Waals surface area contributed by atoms with Crippen LogP contribution in [0.25, 0.3) is 17.4 Å². The fourth-order valence-corrected chi connectivity index (χ4v) is 4.09. The zero-order valence-electron chi connectivity index (χ0n) is 15.7. The number of thioether (sulfide) groups is 1. The molecule has 2 aromatic carbocycles. The van der Waals surface area contributed by atoms with Crippen molar-refractivity contribution in [2.75, 3.05) is 0 Å². The number of nitrogens with zero attached hydrogens (tertiary/aromatic N) is 1. The third-order valence-corrected chi connectivity index (χ3v) is 5.80. The predicted molar refractivity (Wildman–Crippen MR) is 114 cm³/mol. The Hall–Kier alpha value is -3.36. The van der Waals surface area contributed by atoms with Gasteiger partial charge in [-0.1, -0.05) is 35.9 Å². The highest BCUT2D eigenvalue weighted by atomic mass is 35.5. The van der Waals surface area contributed by atoms with E-state index in [0.717, 1.165) is 22.7 Å². The molecule has 1 aliphatic rings. The number of carbonyl (C=O) groups excluding carboxylic acids is 2. The van der Waals surface area contributed by atoms with Crippen LogP contribution in [0.5, 0.6) is 0 Å². The second-order valence-electron chi connectivity index (χ2n) is 6.56. The van der Waals surface area contributed by atoms with Crippen LogP contribution in [0, 0.1) is 5.82 Å². The Bertz CT molecular complexity index is 1250. The summed E-state index contributed by atoms with van der Waals surface area (Å²) < 4.78 is 18.9. The number of carbonyl (C=O) groups is 3. The highest BCUT2D eigenvalue weighted by Crippen LogP contribution is 2.35. The monoisotopic (exact) mass is 457 g/mol. The van der Waals surface area contributed by atoms with Crippen LogP contribution in [0.3, 0.4) is 0 Å². The van der Waals surface area contributed by atoms with E-state index in [0.29, 0.717) is 22.6 Å². The van der Waals surface area contributed by atoms with Crippen molar-refractivity contribution in [3.8, 4) is 11.3 Å². The maximum atomic E-state index is 13.2. The van der Waals surface area contributed by atoms with Gasteiger partial charge in [-0.25, -0.2) is 9.18 Å². The van der Waals surface area contributed by atoms with Gasteiger partial charge in [0.25, 0.3) is 11.1 Å². The van der Waals surface area contributed by atoms with E-state index in [1.807, 2.05) is 0 Å². The van der Waals surface area contributed by atoms with Crippen molar-refractivity contribution in [1.29, 1.82) is 0 Å². The molecule has 0 radical (unpaired) electrons. The molecule has 0 saturated carbocycles. The summed E-state index contributed by atoms with van der Waals surface area (Å²) in [4.78, 5) is 37.6. The first kappa shape index (κ1) is 20.9. The first-order valence-electron chi connectivity index (χ1n) is 8.95. The highest BCUT2D eigenvalue weighted by molar-refractivity contribution is 8.18. The molecular weight excluding hydrogens is 445 g/mol. The molecule has 2 heterocycles. The minimum Gasteiger partial charge on any atom is -0.478 e. The van der Waals surface area contributed by atoms with Gasteiger partial charge in [0.05, 0.1) is 17.0 Å². The summed E-state index contributed by atoms with van der Waals surface area (Å²) >= 11 is 6.74. The molecule has 1 fully saturated rings. The molecule has 0 spiro atoms. The number of carboxylic acid groups (broad SMARTS) is 1. The van der Waals surface area contributed by atoms with Gasteiger partial charge < -0.3 is 9.52 Å². The van der Waals surface area contributed by atoms with E-state index in [1.54, 1.807) is 30.3 Å². The lowest BCUT2D eigenvalue weighted by Crippen LogP contribution is -2.27. The second kappa shape index (κ2) is 8.41. The van der Waals surface area contributed by atoms with E-state index < -0.39 is 22.9 Å². The zero-order chi connectivity index (χ0) is 22.1. The molecule has 0 aliphatic carbocycles. The normalized spacial score (nSPS) is 15.2. The number of carboxylic acids is 1. The number of halogens is 2. The van der Waals surface area contributed by atoms with E-state index in [1.165, 1.54) is 24.3 Å². The van der Waals surface area contributed by atoms with Crippen LogP contribution in [0.2, 0.25) is 5.02 Å². The molecule has 6 nitrogen and oxygen atoms in total. The Labute approximate surface area is 184 Å². The first-order valence-corrected chi connectivity index (χ1v) is 10.1. The average Bonchev–Trinajstić information content (AvgIpc) is 3.30. The summed E-state index contributed by atoms with van der Waals surface area (Å²) in [5, 5.41) is 8.97. The van der Waals surface area contributed by atoms with Gasteiger partial charge in [0.2, 0.25) is 0 Å². The van der Waals surface area contributed by atoms with Crippen LogP contribution in [0.4, 0.5) is 9.18 Å². The topological polar surface area (TPSA) is 87.8 Å². The summed E-state index contributed by atoms with van der Waals surface area (Å²) in [6.07, 6.45) is 1.42. The zero-order valence-corrected chi connectivity index (χ0v) is 17.2. The Morgan fingerprint density at radius 1 is 1.16 bits per heavy atom. The number of hydrogen-bond acceptors (Lipinski definition) is 5. The molecule has 1 saturated heterocycles. The van der Waals surface area contributed by atoms with Crippen molar-refractivity contribution >= 4 is 46.6 Å². The summed E-state index contributed by atoms with van der Waals surface area (Å²) in [7, 11) is 0. The van der Waals surface area contributed by atoms with Crippen molar-refractivity contribution < 1.29 is 28.3 Å². The molecule has 156 valence electrons. The minimum absolute atomic E-state index is 0.0832. The third kappa shape index (κ3) is 4.26. The molecular formula is C22H13ClFNO5S. The van der Waals surface area contributed by atoms with Gasteiger partial charge >= 0.3 is 5.97 Å². The Balaban J connectivity index is 1.57. The van der Waals surface area contributed by atoms with E-state index in [-0.39, 0.29) is 22.0 Å². The fraction of sp³-hybridized carbons (Fsp3) is 0.0455. The van der Waals surface area contributed by atoms with Gasteiger partial charge in [-0.15, -0.1) is 0 Å². The number of aromatic carboxylic acids is 1. The Kier molecular flexibility index (Phi) is 5.67. The van der Waals surface area contributed by atoms with Gasteiger partial charge in [0.15, 0.2) is 0 Å². The number of furan rings is 1. The number of hydrogen-bond donors (Lipinski definition) is 1. The summed E-state index contributed by atoms with van der Waals surface area (Å²) in [5.41, 5.74) is 0.922. The summed E-state index contributed by atoms with van der Waals surface area (Å²) in [6.45, 7) is -0.0868. The molecule has 1 N–H and O–H groups in total. The van der Waals surface area contributed by atoms with Crippen molar-refractivity contribution in [3.63, 3.8) is 0 Å². The number of benzene rings is 2. The highest BCUT2D eigenvalue weighted by Gasteiger charge is 2.35. The molecule has 0 unspecified atom stereocenters. The smallest absolute Gasteiger partial charge is 0.336 e. The number of amides is 2. The van der Waals surface area contributed by atoms with Gasteiger partial charge in [0, 0.05) is 16.7 Å². The predicted octanol–water partition coefficient (Wildman–Crippen LogP) is 5.67. The van der Waals surface area contributed by atoms with E-state index in [4.69, 9.17) is 16.0 Å². The van der Waals surface area contributed by atoms with Crippen LogP contribution in [0.15, 0.2) is 63.9 Å². The summed E-state index contributed by atoms with van der Waals surface area (Å²) in [5.74, 6) is -1.52. The van der Waals surface area contributed by atoms with Crippen LogP contribution in [-0.4, -0.2) is 27.1 Å². The van der Waals surface area contributed by atoms with E-state index >= 15 is 0 Å². The fourth-order valence-electron chi connectivity index (χ4n) is 3.05. The lowest BCUT2D eigenvalue weighted by atomic mass is 10.1. The molecule has 3 aromatic rings. The molecule has 9 heteroatoms. The van der Waals surface area contributed by atoms with Crippen LogP contribution in [0.1, 0.15) is 21.7 Å². The van der Waals surface area contributed by atoms with E-state index in [2.05, 4.69) is 0 Å². The van der Waals surface area contributed by atoms with Crippen LogP contribution < -0.4 is 0 Å². The minimum atomic E-state index is -1.09. The van der Waals surface area contributed by atoms with Gasteiger partial charge in [0.1, 0.15) is 17.3 Å². The first-order chi connectivity index (χ1) is 14.8. The maximum absolute atomic E-state index is 13.2. The number of rotatable bonds is 5. The largest absolute Gasteiger partial charge is 0.478 e. The Morgan fingerprint density at radius 3 is 2.68 bits per heavy atom. The quantitative estimate of drug-likeness (QED) is 0.496. The lowest BCUT2D eigenvalue weighted by Gasteiger charge is -2.13. The maximum Gasteiger partial charge on any atom is 0.336 e.